The fraction of sp³-hybridized carbons (Fsp3) is 0.286. The van der Waals surface area contributed by atoms with E-state index in [2.05, 4.69) is 20.4 Å². The molecule has 3 aromatic rings. The summed E-state index contributed by atoms with van der Waals surface area (Å²) in [6.07, 6.45) is -7.84. The number of amides is 2. The van der Waals surface area contributed by atoms with Crippen LogP contribution < -0.4 is 5.32 Å². The minimum absolute atomic E-state index is 0.0681. The molecule has 0 unspecified atom stereocenters. The molecule has 2 amide bonds. The fourth-order valence-corrected chi connectivity index (χ4v) is 3.06. The Hall–Kier alpha value is -4.01. The molecule has 2 heterocycles. The second-order valence-electron chi connectivity index (χ2n) is 7.41. The third-order valence-corrected chi connectivity index (χ3v) is 4.93. The second-order valence-corrected chi connectivity index (χ2v) is 7.41. The van der Waals surface area contributed by atoms with E-state index in [1.807, 2.05) is 0 Å². The molecule has 1 atom stereocenters. The van der Waals surface area contributed by atoms with Crippen LogP contribution in [0, 0.1) is 0 Å². The zero-order chi connectivity index (χ0) is 26.8. The molecule has 1 N–H and O–H groups in total. The molecule has 0 radical (unpaired) electrons. The summed E-state index contributed by atoms with van der Waals surface area (Å²) in [6, 6.07) is 2.43. The molecular weight excluding hydrogens is 498 g/mol. The van der Waals surface area contributed by atoms with Crippen molar-refractivity contribution in [2.45, 2.75) is 25.3 Å². The van der Waals surface area contributed by atoms with Crippen molar-refractivity contribution in [2.24, 2.45) is 0 Å². The van der Waals surface area contributed by atoms with Crippen molar-refractivity contribution in [1.82, 2.24) is 30.1 Å². The standard InChI is InChI=1S/C21H18F6N6O3/c1-11(31-18(34)13-6-14(20(22,23)24)8-15(7-13)21(25,26)27)17-29-10-30-33(17)16-5-4-12(9-28-16)19(35)32(2)36-3/h4-11H,1-3H3,(H,31,34)/t11-/m0/s1. The van der Waals surface area contributed by atoms with Crippen LogP contribution in [-0.4, -0.2) is 50.8 Å². The van der Waals surface area contributed by atoms with E-state index in [1.54, 1.807) is 0 Å². The van der Waals surface area contributed by atoms with Crippen molar-refractivity contribution in [1.29, 1.82) is 0 Å². The Morgan fingerprint density at radius 2 is 1.61 bits per heavy atom. The highest BCUT2D eigenvalue weighted by Crippen LogP contribution is 2.36. The van der Waals surface area contributed by atoms with Crippen LogP contribution in [0.5, 0.6) is 0 Å². The minimum Gasteiger partial charge on any atom is -0.342 e. The van der Waals surface area contributed by atoms with Gasteiger partial charge in [-0.3, -0.25) is 14.4 Å². The van der Waals surface area contributed by atoms with E-state index in [-0.39, 0.29) is 23.3 Å². The number of benzene rings is 1. The van der Waals surface area contributed by atoms with Crippen LogP contribution in [0.2, 0.25) is 0 Å². The average molecular weight is 516 g/mol. The van der Waals surface area contributed by atoms with Gasteiger partial charge in [-0.05, 0) is 37.3 Å². The van der Waals surface area contributed by atoms with Crippen molar-refractivity contribution in [2.75, 3.05) is 14.2 Å². The maximum atomic E-state index is 13.1. The van der Waals surface area contributed by atoms with Gasteiger partial charge >= 0.3 is 12.4 Å². The molecule has 0 spiro atoms. The summed E-state index contributed by atoms with van der Waals surface area (Å²) in [7, 11) is 2.71. The Balaban J connectivity index is 1.86. The Kier molecular flexibility index (Phi) is 7.33. The quantitative estimate of drug-likeness (QED) is 0.395. The lowest BCUT2D eigenvalue weighted by atomic mass is 10.0. The largest absolute Gasteiger partial charge is 0.416 e. The van der Waals surface area contributed by atoms with Crippen molar-refractivity contribution in [3.8, 4) is 5.82 Å². The normalized spacial score (nSPS) is 12.8. The van der Waals surface area contributed by atoms with Gasteiger partial charge in [-0.15, -0.1) is 0 Å². The summed E-state index contributed by atoms with van der Waals surface area (Å²) < 4.78 is 79.8. The number of rotatable bonds is 6. The number of nitrogens with zero attached hydrogens (tertiary/aromatic N) is 5. The van der Waals surface area contributed by atoms with Gasteiger partial charge in [0.25, 0.3) is 11.8 Å². The highest BCUT2D eigenvalue weighted by atomic mass is 19.4. The molecule has 36 heavy (non-hydrogen) atoms. The molecule has 15 heteroatoms. The Bertz CT molecular complexity index is 1220. The predicted molar refractivity (Wildman–Crippen MR) is 111 cm³/mol. The predicted octanol–water partition coefficient (Wildman–Crippen LogP) is 3.82. The summed E-state index contributed by atoms with van der Waals surface area (Å²) in [6.45, 7) is 1.40. The van der Waals surface area contributed by atoms with Crippen molar-refractivity contribution in [3.05, 3.63) is 70.9 Å². The summed E-state index contributed by atoms with van der Waals surface area (Å²) in [5.74, 6) is -1.41. The van der Waals surface area contributed by atoms with Crippen LogP contribution >= 0.6 is 0 Å². The van der Waals surface area contributed by atoms with Gasteiger partial charge in [0.05, 0.1) is 29.8 Å². The number of aromatic nitrogens is 4. The van der Waals surface area contributed by atoms with E-state index in [0.29, 0.717) is 12.1 Å². The number of hydroxylamine groups is 2. The number of hydrogen-bond donors (Lipinski definition) is 1. The Morgan fingerprint density at radius 3 is 2.11 bits per heavy atom. The van der Waals surface area contributed by atoms with Gasteiger partial charge in [0, 0.05) is 18.8 Å². The monoisotopic (exact) mass is 516 g/mol. The number of halogens is 6. The molecule has 2 aromatic heterocycles. The molecule has 1 aromatic carbocycles. The third kappa shape index (κ3) is 5.79. The topological polar surface area (TPSA) is 102 Å². The highest BCUT2D eigenvalue weighted by Gasteiger charge is 2.37. The number of carbonyl (C=O) groups is 2. The molecule has 0 aliphatic rings. The first-order valence-electron chi connectivity index (χ1n) is 10.0. The SMILES string of the molecule is CON(C)C(=O)c1ccc(-n2ncnc2[C@H](C)NC(=O)c2cc(C(F)(F)F)cc(C(F)(F)F)c2)nc1. The molecule has 9 nitrogen and oxygen atoms in total. The number of pyridine rings is 1. The first kappa shape index (κ1) is 26.6. The molecule has 0 saturated carbocycles. The van der Waals surface area contributed by atoms with Gasteiger partial charge in [-0.2, -0.15) is 36.1 Å². The third-order valence-electron chi connectivity index (χ3n) is 4.93. The molecule has 192 valence electrons. The lowest BCUT2D eigenvalue weighted by Crippen LogP contribution is -2.29. The summed E-state index contributed by atoms with van der Waals surface area (Å²) in [5.41, 5.74) is -3.87. The van der Waals surface area contributed by atoms with Crippen LogP contribution in [0.15, 0.2) is 42.9 Å². The lowest BCUT2D eigenvalue weighted by Gasteiger charge is -2.17. The number of alkyl halides is 6. The number of nitrogens with one attached hydrogen (secondary N) is 1. The van der Waals surface area contributed by atoms with E-state index < -0.39 is 46.9 Å². The zero-order valence-corrected chi connectivity index (χ0v) is 18.8. The van der Waals surface area contributed by atoms with Gasteiger partial charge in [0.15, 0.2) is 11.6 Å². The first-order chi connectivity index (χ1) is 16.7. The van der Waals surface area contributed by atoms with E-state index in [0.717, 1.165) is 11.4 Å². The Morgan fingerprint density at radius 1 is 1.00 bits per heavy atom. The van der Waals surface area contributed by atoms with Crippen LogP contribution in [0.4, 0.5) is 26.3 Å². The van der Waals surface area contributed by atoms with Crippen LogP contribution in [0.25, 0.3) is 5.82 Å². The van der Waals surface area contributed by atoms with Crippen molar-refractivity contribution in [3.63, 3.8) is 0 Å². The summed E-state index contributed by atoms with van der Waals surface area (Å²) in [4.78, 5) is 37.6. The van der Waals surface area contributed by atoms with E-state index in [1.165, 1.54) is 44.1 Å². The highest BCUT2D eigenvalue weighted by molar-refractivity contribution is 5.95. The smallest absolute Gasteiger partial charge is 0.342 e. The van der Waals surface area contributed by atoms with E-state index >= 15 is 0 Å². The number of hydrogen-bond acceptors (Lipinski definition) is 6. The van der Waals surface area contributed by atoms with Crippen molar-refractivity contribution < 1.29 is 40.8 Å². The molecule has 3 rings (SSSR count). The van der Waals surface area contributed by atoms with Crippen LogP contribution in [0.1, 0.15) is 50.6 Å². The van der Waals surface area contributed by atoms with Crippen molar-refractivity contribution >= 4 is 11.8 Å². The minimum atomic E-state index is -5.10. The maximum Gasteiger partial charge on any atom is 0.416 e. The van der Waals surface area contributed by atoms with Gasteiger partial charge < -0.3 is 5.32 Å². The van der Waals surface area contributed by atoms with Gasteiger partial charge in [-0.1, -0.05) is 0 Å². The van der Waals surface area contributed by atoms with Crippen LogP contribution in [-0.2, 0) is 17.2 Å². The second kappa shape index (κ2) is 9.93. The zero-order valence-electron chi connectivity index (χ0n) is 18.8. The van der Waals surface area contributed by atoms with Gasteiger partial charge in [0.2, 0.25) is 0 Å². The summed E-state index contributed by atoms with van der Waals surface area (Å²) >= 11 is 0. The van der Waals surface area contributed by atoms with E-state index in [4.69, 9.17) is 4.84 Å². The average Bonchev–Trinajstić information content (AvgIpc) is 3.32. The molecule has 0 fully saturated rings. The molecule has 0 saturated heterocycles. The molecule has 0 aliphatic carbocycles. The van der Waals surface area contributed by atoms with Crippen LogP contribution in [0.3, 0.4) is 0 Å². The Labute approximate surface area is 199 Å². The van der Waals surface area contributed by atoms with Gasteiger partial charge in [0.1, 0.15) is 6.33 Å². The molecule has 0 bridgehead atoms. The van der Waals surface area contributed by atoms with Gasteiger partial charge in [-0.25, -0.2) is 15.0 Å². The molecular formula is C21H18F6N6O3. The van der Waals surface area contributed by atoms with E-state index in [9.17, 15) is 35.9 Å². The lowest BCUT2D eigenvalue weighted by molar-refractivity contribution is -0.143. The molecule has 0 aliphatic heterocycles. The maximum absolute atomic E-state index is 13.1. The fourth-order valence-electron chi connectivity index (χ4n) is 3.06. The first-order valence-corrected chi connectivity index (χ1v) is 10.0. The number of carbonyl (C=O) groups excluding carboxylic acids is 2. The summed E-state index contributed by atoms with van der Waals surface area (Å²) in [5, 5.41) is 7.28.